The van der Waals surface area contributed by atoms with Crippen LogP contribution >= 0.6 is 11.6 Å². The van der Waals surface area contributed by atoms with Crippen LogP contribution in [0.4, 0.5) is 5.69 Å². The topological polar surface area (TPSA) is 84.5 Å². The Morgan fingerprint density at radius 3 is 2.43 bits per heavy atom. The normalized spacial score (nSPS) is 11.7. The lowest BCUT2D eigenvalue weighted by Crippen LogP contribution is -2.30. The lowest BCUT2D eigenvalue weighted by molar-refractivity contribution is 0.102. The molecule has 0 heterocycles. The van der Waals surface area contributed by atoms with E-state index in [1.807, 2.05) is 13.8 Å². The van der Waals surface area contributed by atoms with Gasteiger partial charge in [0.05, 0.1) is 16.5 Å². The number of carbonyl (C=O) groups excluding carboxylic acids is 1. The summed E-state index contributed by atoms with van der Waals surface area (Å²) in [5, 5.41) is 3.10. The molecule has 2 aromatic carbocycles. The molecule has 0 spiro atoms. The third-order valence-corrected chi connectivity index (χ3v) is 5.51. The number of benzene rings is 2. The fourth-order valence-corrected chi connectivity index (χ4v) is 3.87. The van der Waals surface area contributed by atoms with Crippen LogP contribution < -0.4 is 14.8 Å². The van der Waals surface area contributed by atoms with Gasteiger partial charge in [-0.1, -0.05) is 31.5 Å². The Hall–Kier alpha value is -2.09. The number of amides is 1. The predicted molar refractivity (Wildman–Crippen MR) is 112 cm³/mol. The highest BCUT2D eigenvalue weighted by Crippen LogP contribution is 2.28. The van der Waals surface area contributed by atoms with E-state index in [1.165, 1.54) is 18.2 Å². The summed E-state index contributed by atoms with van der Waals surface area (Å²) in [5.74, 6) is 0.471. The van der Waals surface area contributed by atoms with Gasteiger partial charge in [-0.3, -0.25) is 4.79 Å². The Labute approximate surface area is 171 Å². The van der Waals surface area contributed by atoms with Crippen molar-refractivity contribution in [3.8, 4) is 5.75 Å². The molecule has 2 N–H and O–H groups in total. The Balaban J connectivity index is 2.15. The summed E-state index contributed by atoms with van der Waals surface area (Å²) in [7, 11) is -3.68. The smallest absolute Gasteiger partial charge is 0.255 e. The van der Waals surface area contributed by atoms with Crippen molar-refractivity contribution in [3.63, 3.8) is 0 Å². The molecule has 152 valence electrons. The molecule has 0 fully saturated rings. The summed E-state index contributed by atoms with van der Waals surface area (Å²) in [4.78, 5) is 12.6. The van der Waals surface area contributed by atoms with E-state index >= 15 is 0 Å². The summed E-state index contributed by atoms with van der Waals surface area (Å²) >= 11 is 6.21. The largest absolute Gasteiger partial charge is 0.492 e. The summed E-state index contributed by atoms with van der Waals surface area (Å²) in [5.41, 5.74) is 0.711. The van der Waals surface area contributed by atoms with Gasteiger partial charge in [0, 0.05) is 17.3 Å². The average Bonchev–Trinajstić information content (AvgIpc) is 2.60. The van der Waals surface area contributed by atoms with Gasteiger partial charge in [0.1, 0.15) is 5.75 Å². The number of ether oxygens (including phenoxy) is 1. The van der Waals surface area contributed by atoms with Crippen molar-refractivity contribution in [1.82, 2.24) is 4.72 Å². The minimum absolute atomic E-state index is 0.0318. The first-order chi connectivity index (χ1) is 13.1. The molecule has 0 aromatic heterocycles. The maximum absolute atomic E-state index is 12.5. The van der Waals surface area contributed by atoms with Gasteiger partial charge >= 0.3 is 0 Å². The minimum atomic E-state index is -3.68. The van der Waals surface area contributed by atoms with Crippen molar-refractivity contribution < 1.29 is 17.9 Å². The molecule has 0 saturated heterocycles. The molecule has 6 nitrogen and oxygen atoms in total. The van der Waals surface area contributed by atoms with Crippen molar-refractivity contribution in [2.75, 3.05) is 11.9 Å². The zero-order chi connectivity index (χ0) is 20.9. The molecule has 0 unspecified atom stereocenters. The van der Waals surface area contributed by atoms with Crippen LogP contribution in [0.2, 0.25) is 5.02 Å². The number of anilines is 1. The molecule has 2 rings (SSSR count). The lowest BCUT2D eigenvalue weighted by atomic mass is 10.2. The number of hydrogen-bond acceptors (Lipinski definition) is 4. The number of halogens is 1. The van der Waals surface area contributed by atoms with Crippen LogP contribution in [0.1, 0.15) is 38.1 Å². The van der Waals surface area contributed by atoms with Crippen molar-refractivity contribution in [2.45, 2.75) is 38.6 Å². The highest BCUT2D eigenvalue weighted by atomic mass is 35.5. The number of carbonyl (C=O) groups is 1. The Bertz CT molecular complexity index is 943. The molecule has 0 bridgehead atoms. The van der Waals surface area contributed by atoms with Crippen LogP contribution in [-0.2, 0) is 10.0 Å². The lowest BCUT2D eigenvalue weighted by Gasteiger charge is -2.12. The van der Waals surface area contributed by atoms with Gasteiger partial charge in [-0.25, -0.2) is 13.1 Å². The summed E-state index contributed by atoms with van der Waals surface area (Å²) in [6.07, 6.45) is 0. The third kappa shape index (κ3) is 6.22. The molecule has 8 heteroatoms. The molecule has 1 amide bonds. The fourth-order valence-electron chi connectivity index (χ4n) is 2.34. The maximum Gasteiger partial charge on any atom is 0.255 e. The van der Waals surface area contributed by atoms with Crippen molar-refractivity contribution in [1.29, 1.82) is 0 Å². The molecular weight excluding hydrogens is 400 g/mol. The van der Waals surface area contributed by atoms with E-state index in [-0.39, 0.29) is 16.5 Å². The Kier molecular flexibility index (Phi) is 7.46. The van der Waals surface area contributed by atoms with Crippen LogP contribution in [-0.4, -0.2) is 27.0 Å². The van der Waals surface area contributed by atoms with Crippen molar-refractivity contribution >= 4 is 33.2 Å². The predicted octanol–water partition coefficient (Wildman–Crippen LogP) is 4.31. The maximum atomic E-state index is 12.5. The van der Waals surface area contributed by atoms with E-state index in [2.05, 4.69) is 10.0 Å². The van der Waals surface area contributed by atoms with Gasteiger partial charge in [-0.05, 0) is 56.2 Å². The van der Waals surface area contributed by atoms with E-state index in [4.69, 9.17) is 16.3 Å². The average molecular weight is 425 g/mol. The van der Waals surface area contributed by atoms with Gasteiger partial charge in [0.15, 0.2) is 0 Å². The third-order valence-electron chi connectivity index (χ3n) is 3.56. The number of rotatable bonds is 8. The fraction of sp³-hybridized carbons (Fsp3) is 0.350. The van der Waals surface area contributed by atoms with Gasteiger partial charge in [0.25, 0.3) is 5.91 Å². The van der Waals surface area contributed by atoms with Gasteiger partial charge in [0.2, 0.25) is 10.0 Å². The molecule has 0 atom stereocenters. The van der Waals surface area contributed by atoms with Crippen LogP contribution in [0.5, 0.6) is 5.75 Å². The molecule has 0 aliphatic rings. The monoisotopic (exact) mass is 424 g/mol. The first-order valence-electron chi connectivity index (χ1n) is 8.94. The zero-order valence-corrected chi connectivity index (χ0v) is 17.9. The molecule has 2 aromatic rings. The zero-order valence-electron chi connectivity index (χ0n) is 16.3. The van der Waals surface area contributed by atoms with E-state index < -0.39 is 15.9 Å². The second kappa shape index (κ2) is 9.41. The summed E-state index contributed by atoms with van der Waals surface area (Å²) in [6.45, 7) is 8.07. The Morgan fingerprint density at radius 2 is 1.82 bits per heavy atom. The minimum Gasteiger partial charge on any atom is -0.492 e. The van der Waals surface area contributed by atoms with E-state index in [1.54, 1.807) is 38.1 Å². The standard InChI is InChI=1S/C20H25ClN2O4S/c1-13(2)12-27-19-9-8-16(11-18(19)21)22-20(24)15-6-5-7-17(10-15)28(25,26)23-14(3)4/h5-11,13-14,23H,12H2,1-4H3,(H,22,24). The molecule has 0 radical (unpaired) electrons. The second-order valence-corrected chi connectivity index (χ2v) is 9.23. The van der Waals surface area contributed by atoms with Gasteiger partial charge in [-0.15, -0.1) is 0 Å². The van der Waals surface area contributed by atoms with Crippen LogP contribution in [0.15, 0.2) is 47.4 Å². The van der Waals surface area contributed by atoms with E-state index in [9.17, 15) is 13.2 Å². The Morgan fingerprint density at radius 1 is 1.11 bits per heavy atom. The number of nitrogens with one attached hydrogen (secondary N) is 2. The molecule has 28 heavy (non-hydrogen) atoms. The second-order valence-electron chi connectivity index (χ2n) is 7.11. The van der Waals surface area contributed by atoms with Gasteiger partial charge in [-0.2, -0.15) is 0 Å². The molecule has 0 aliphatic heterocycles. The highest BCUT2D eigenvalue weighted by molar-refractivity contribution is 7.89. The van der Waals surface area contributed by atoms with Crippen molar-refractivity contribution in [2.24, 2.45) is 5.92 Å². The highest BCUT2D eigenvalue weighted by Gasteiger charge is 2.17. The number of sulfonamides is 1. The van der Waals surface area contributed by atoms with E-state index in [0.29, 0.717) is 29.0 Å². The first-order valence-corrected chi connectivity index (χ1v) is 10.8. The quantitative estimate of drug-likeness (QED) is 0.661. The SMILES string of the molecule is CC(C)COc1ccc(NC(=O)c2cccc(S(=O)(=O)NC(C)C)c2)cc1Cl. The molecule has 0 aliphatic carbocycles. The molecular formula is C20H25ClN2O4S. The van der Waals surface area contributed by atoms with Crippen molar-refractivity contribution in [3.05, 3.63) is 53.1 Å². The summed E-state index contributed by atoms with van der Waals surface area (Å²) < 4.78 is 32.7. The van der Waals surface area contributed by atoms with E-state index in [0.717, 1.165) is 0 Å². The first kappa shape index (κ1) is 22.2. The van der Waals surface area contributed by atoms with Crippen LogP contribution in [0.25, 0.3) is 0 Å². The van der Waals surface area contributed by atoms with Crippen LogP contribution in [0.3, 0.4) is 0 Å². The van der Waals surface area contributed by atoms with Crippen LogP contribution in [0, 0.1) is 5.92 Å². The molecule has 0 saturated carbocycles. The number of hydrogen-bond donors (Lipinski definition) is 2. The van der Waals surface area contributed by atoms with Gasteiger partial charge < -0.3 is 10.1 Å². The summed E-state index contributed by atoms with van der Waals surface area (Å²) in [6, 6.07) is 10.6.